The maximum atomic E-state index is 12.3. The molecule has 0 radical (unpaired) electrons. The van der Waals surface area contributed by atoms with Gasteiger partial charge >= 0.3 is 0 Å². The number of aromatic amines is 1. The van der Waals surface area contributed by atoms with E-state index < -0.39 is 0 Å². The van der Waals surface area contributed by atoms with Gasteiger partial charge in [-0.05, 0) is 24.6 Å². The number of aromatic nitrogens is 2. The summed E-state index contributed by atoms with van der Waals surface area (Å²) < 4.78 is 0. The molecular weight excluding hydrogens is 228 g/mol. The van der Waals surface area contributed by atoms with E-state index in [1.165, 1.54) is 0 Å². The maximum Gasteiger partial charge on any atom is 0.276 e. The first kappa shape index (κ1) is 12.2. The Morgan fingerprint density at radius 2 is 2.17 bits per heavy atom. The van der Waals surface area contributed by atoms with Gasteiger partial charge in [0, 0.05) is 12.7 Å². The van der Waals surface area contributed by atoms with E-state index >= 15 is 0 Å². The van der Waals surface area contributed by atoms with Crippen molar-refractivity contribution >= 4 is 17.3 Å². The first-order chi connectivity index (χ1) is 8.74. The molecule has 0 aliphatic heterocycles. The third-order valence-corrected chi connectivity index (χ3v) is 2.65. The zero-order chi connectivity index (χ0) is 13.0. The highest BCUT2D eigenvalue weighted by molar-refractivity contribution is 6.06. The molecule has 0 fully saturated rings. The fourth-order valence-electron chi connectivity index (χ4n) is 1.81. The fraction of sp³-hybridized carbons (Fsp3) is 0.231. The van der Waals surface area contributed by atoms with E-state index in [1.807, 2.05) is 25.1 Å². The summed E-state index contributed by atoms with van der Waals surface area (Å²) in [5, 5.41) is 6.48. The molecule has 94 valence electrons. The van der Waals surface area contributed by atoms with E-state index in [9.17, 15) is 4.79 Å². The molecule has 1 amide bonds. The minimum Gasteiger partial charge on any atom is -0.397 e. The third kappa shape index (κ3) is 2.34. The van der Waals surface area contributed by atoms with Crippen LogP contribution in [0.25, 0.3) is 0 Å². The number of carbonyl (C=O) groups is 1. The Hall–Kier alpha value is -2.30. The molecule has 0 spiro atoms. The molecule has 3 N–H and O–H groups in total. The molecule has 5 nitrogen and oxygen atoms in total. The number of anilines is 2. The first-order valence-corrected chi connectivity index (χ1v) is 5.89. The van der Waals surface area contributed by atoms with Gasteiger partial charge < -0.3 is 10.6 Å². The van der Waals surface area contributed by atoms with Gasteiger partial charge in [0.15, 0.2) is 0 Å². The summed E-state index contributed by atoms with van der Waals surface area (Å²) in [5.41, 5.74) is 7.72. The largest absolute Gasteiger partial charge is 0.397 e. The molecule has 0 bridgehead atoms. The van der Waals surface area contributed by atoms with Gasteiger partial charge in [-0.2, -0.15) is 5.10 Å². The van der Waals surface area contributed by atoms with E-state index in [0.29, 0.717) is 17.9 Å². The predicted molar refractivity (Wildman–Crippen MR) is 71.4 cm³/mol. The Balaban J connectivity index is 2.34. The van der Waals surface area contributed by atoms with Gasteiger partial charge in [0.25, 0.3) is 5.91 Å². The second-order valence-electron chi connectivity index (χ2n) is 3.99. The third-order valence-electron chi connectivity index (χ3n) is 2.65. The number of nitrogens with zero attached hydrogens (tertiary/aromatic N) is 2. The number of hydrogen-bond donors (Lipinski definition) is 2. The average molecular weight is 244 g/mol. The minimum absolute atomic E-state index is 0.118. The number of hydrogen-bond acceptors (Lipinski definition) is 3. The summed E-state index contributed by atoms with van der Waals surface area (Å²) in [7, 11) is 0. The van der Waals surface area contributed by atoms with E-state index in [0.717, 1.165) is 12.1 Å². The van der Waals surface area contributed by atoms with Crippen molar-refractivity contribution < 1.29 is 4.79 Å². The standard InChI is InChI=1S/C13H16N4O/c1-2-9-17(12-6-4-3-5-10(12)14)13(18)11-7-8-15-16-11/h3-8H,2,9,14H2,1H3,(H,15,16). The van der Waals surface area contributed by atoms with Gasteiger partial charge in [0.2, 0.25) is 0 Å². The molecule has 0 unspecified atom stereocenters. The molecule has 5 heteroatoms. The maximum absolute atomic E-state index is 12.3. The molecular formula is C13H16N4O. The van der Waals surface area contributed by atoms with Crippen LogP contribution in [0.3, 0.4) is 0 Å². The highest BCUT2D eigenvalue weighted by atomic mass is 16.2. The van der Waals surface area contributed by atoms with Crippen molar-refractivity contribution in [3.63, 3.8) is 0 Å². The lowest BCUT2D eigenvalue weighted by molar-refractivity contribution is 0.0982. The van der Waals surface area contributed by atoms with Gasteiger partial charge in [-0.1, -0.05) is 19.1 Å². The molecule has 18 heavy (non-hydrogen) atoms. The molecule has 0 saturated heterocycles. The number of amides is 1. The Labute approximate surface area is 106 Å². The quantitative estimate of drug-likeness (QED) is 0.808. The summed E-state index contributed by atoms with van der Waals surface area (Å²) in [5.74, 6) is -0.118. The van der Waals surface area contributed by atoms with Crippen LogP contribution in [-0.4, -0.2) is 22.6 Å². The van der Waals surface area contributed by atoms with Crippen LogP contribution < -0.4 is 10.6 Å². The van der Waals surface area contributed by atoms with Gasteiger partial charge in [-0.15, -0.1) is 0 Å². The molecule has 1 heterocycles. The SMILES string of the molecule is CCCN(C(=O)c1ccn[nH]1)c1ccccc1N. The normalized spacial score (nSPS) is 10.3. The molecule has 0 aliphatic carbocycles. The lowest BCUT2D eigenvalue weighted by atomic mass is 10.2. The van der Waals surface area contributed by atoms with Crippen LogP contribution in [0.15, 0.2) is 36.5 Å². The zero-order valence-corrected chi connectivity index (χ0v) is 10.3. The van der Waals surface area contributed by atoms with Crippen molar-refractivity contribution in [3.8, 4) is 0 Å². The summed E-state index contributed by atoms with van der Waals surface area (Å²) in [6.07, 6.45) is 2.42. The molecule has 1 aromatic carbocycles. The van der Waals surface area contributed by atoms with Crippen LogP contribution in [0.5, 0.6) is 0 Å². The van der Waals surface area contributed by atoms with E-state index in [4.69, 9.17) is 5.73 Å². The topological polar surface area (TPSA) is 75.0 Å². The van der Waals surface area contributed by atoms with Gasteiger partial charge in [-0.25, -0.2) is 0 Å². The van der Waals surface area contributed by atoms with Crippen molar-refractivity contribution in [2.45, 2.75) is 13.3 Å². The molecule has 1 aromatic heterocycles. The number of rotatable bonds is 4. The van der Waals surface area contributed by atoms with E-state index in [1.54, 1.807) is 23.2 Å². The van der Waals surface area contributed by atoms with Crippen molar-refractivity contribution in [2.24, 2.45) is 0 Å². The van der Waals surface area contributed by atoms with Crippen molar-refractivity contribution in [1.29, 1.82) is 0 Å². The summed E-state index contributed by atoms with van der Waals surface area (Å²) in [4.78, 5) is 14.0. The fourth-order valence-corrected chi connectivity index (χ4v) is 1.81. The second kappa shape index (κ2) is 5.35. The van der Waals surface area contributed by atoms with Crippen molar-refractivity contribution in [1.82, 2.24) is 10.2 Å². The highest BCUT2D eigenvalue weighted by Gasteiger charge is 2.19. The van der Waals surface area contributed by atoms with Crippen LogP contribution in [-0.2, 0) is 0 Å². The minimum atomic E-state index is -0.118. The Morgan fingerprint density at radius 3 is 2.78 bits per heavy atom. The van der Waals surface area contributed by atoms with Crippen LogP contribution >= 0.6 is 0 Å². The molecule has 0 saturated carbocycles. The second-order valence-corrected chi connectivity index (χ2v) is 3.99. The predicted octanol–water partition coefficient (Wildman–Crippen LogP) is 2.05. The summed E-state index contributed by atoms with van der Waals surface area (Å²) in [6, 6.07) is 9.01. The average Bonchev–Trinajstić information content (AvgIpc) is 2.90. The number of para-hydroxylation sites is 2. The van der Waals surface area contributed by atoms with E-state index in [2.05, 4.69) is 10.2 Å². The van der Waals surface area contributed by atoms with Crippen LogP contribution in [0.1, 0.15) is 23.8 Å². The summed E-state index contributed by atoms with van der Waals surface area (Å²) >= 11 is 0. The monoisotopic (exact) mass is 244 g/mol. The highest BCUT2D eigenvalue weighted by Crippen LogP contribution is 2.24. The molecule has 2 rings (SSSR count). The van der Waals surface area contributed by atoms with E-state index in [-0.39, 0.29) is 5.91 Å². The van der Waals surface area contributed by atoms with Crippen molar-refractivity contribution in [2.75, 3.05) is 17.2 Å². The number of nitrogen functional groups attached to an aromatic ring is 1. The molecule has 0 atom stereocenters. The Bertz CT molecular complexity index is 522. The number of nitrogens with one attached hydrogen (secondary N) is 1. The zero-order valence-electron chi connectivity index (χ0n) is 10.3. The van der Waals surface area contributed by atoms with Gasteiger partial charge in [0.1, 0.15) is 5.69 Å². The molecule has 0 aliphatic rings. The number of nitrogens with two attached hydrogens (primary N) is 1. The number of carbonyl (C=O) groups excluding carboxylic acids is 1. The van der Waals surface area contributed by atoms with Gasteiger partial charge in [0.05, 0.1) is 11.4 Å². The van der Waals surface area contributed by atoms with Crippen LogP contribution in [0.4, 0.5) is 11.4 Å². The van der Waals surface area contributed by atoms with Crippen LogP contribution in [0, 0.1) is 0 Å². The summed E-state index contributed by atoms with van der Waals surface area (Å²) in [6.45, 7) is 2.64. The first-order valence-electron chi connectivity index (χ1n) is 5.89. The van der Waals surface area contributed by atoms with Gasteiger partial charge in [-0.3, -0.25) is 9.89 Å². The Kier molecular flexibility index (Phi) is 3.62. The number of benzene rings is 1. The van der Waals surface area contributed by atoms with Crippen LogP contribution in [0.2, 0.25) is 0 Å². The van der Waals surface area contributed by atoms with Crippen molar-refractivity contribution in [3.05, 3.63) is 42.2 Å². The lowest BCUT2D eigenvalue weighted by Gasteiger charge is -2.22. The molecule has 2 aromatic rings. The lowest BCUT2D eigenvalue weighted by Crippen LogP contribution is -2.32. The smallest absolute Gasteiger partial charge is 0.276 e. The Morgan fingerprint density at radius 1 is 1.39 bits per heavy atom. The number of H-pyrrole nitrogens is 1.